The molecule has 0 bridgehead atoms. The molecular weight excluding hydrogens is 1430 g/mol. The highest BCUT2D eigenvalue weighted by atomic mass is 16.1. The molecule has 3 aliphatic rings. The van der Waals surface area contributed by atoms with E-state index >= 15 is 0 Å². The molecule has 118 heavy (non-hydrogen) atoms. The van der Waals surface area contributed by atoms with Crippen LogP contribution < -0.4 is 9.80 Å². The van der Waals surface area contributed by atoms with Gasteiger partial charge in [-0.25, -0.2) is 0 Å². The van der Waals surface area contributed by atoms with Crippen molar-refractivity contribution in [3.8, 4) is 33.4 Å². The SMILES string of the molecule is CCCCCCCCC1(CCCCCCCC)c2cc(/C=C/c3ccc(N(c4ccccc4)c4ccccc4)cc3)ccc2-c2ccc(/C=C/c3ccc4c(c3)C(=O)c3cc(/C=C/c5ccc6c(c5)C(CCCCCCCC)(CCCCCCCC)c5cc(/C=C/c7ccc(N(c8ccccc8)c8ccccc8)cc7)ccc5-6)ccc3-4)cc21. The molecule has 0 saturated heterocycles. The third kappa shape index (κ3) is 19.2. The number of hydrogen-bond donors (Lipinski definition) is 0. The fraction of sp³-hybridized carbons (Fsp3) is 0.296. The minimum Gasteiger partial charge on any atom is -0.311 e. The van der Waals surface area contributed by atoms with Crippen LogP contribution in [0.2, 0.25) is 0 Å². The van der Waals surface area contributed by atoms with Crippen LogP contribution in [0.1, 0.15) is 290 Å². The van der Waals surface area contributed by atoms with Crippen LogP contribution in [0.5, 0.6) is 0 Å². The van der Waals surface area contributed by atoms with E-state index in [9.17, 15) is 4.79 Å². The van der Waals surface area contributed by atoms with Crippen LogP contribution in [0.15, 0.2) is 279 Å². The summed E-state index contributed by atoms with van der Waals surface area (Å²) in [6.07, 6.45) is 53.5. The van der Waals surface area contributed by atoms with Gasteiger partial charge in [-0.2, -0.15) is 0 Å². The first kappa shape index (κ1) is 82.0. The van der Waals surface area contributed by atoms with Gasteiger partial charge in [0.15, 0.2) is 5.78 Å². The Labute approximate surface area is 707 Å². The highest BCUT2D eigenvalue weighted by Gasteiger charge is 2.44. The van der Waals surface area contributed by atoms with Crippen LogP contribution in [-0.2, 0) is 10.8 Å². The van der Waals surface area contributed by atoms with Gasteiger partial charge in [0.05, 0.1) is 0 Å². The van der Waals surface area contributed by atoms with Crippen molar-refractivity contribution in [3.05, 3.63) is 357 Å². The van der Waals surface area contributed by atoms with Crippen molar-refractivity contribution in [1.82, 2.24) is 0 Å². The Morgan fingerprint density at radius 1 is 0.203 bits per heavy atom. The second-order valence-corrected chi connectivity index (χ2v) is 33.9. The van der Waals surface area contributed by atoms with E-state index in [0.717, 1.165) is 93.2 Å². The normalized spacial score (nSPS) is 13.4. The van der Waals surface area contributed by atoms with Crippen LogP contribution >= 0.6 is 0 Å². The van der Waals surface area contributed by atoms with Crippen molar-refractivity contribution < 1.29 is 4.79 Å². The van der Waals surface area contributed by atoms with Gasteiger partial charge in [0.1, 0.15) is 0 Å². The Morgan fingerprint density at radius 2 is 0.407 bits per heavy atom. The lowest BCUT2D eigenvalue weighted by Gasteiger charge is -2.33. The number of nitrogens with zero attached hydrogens (tertiary/aromatic N) is 2. The van der Waals surface area contributed by atoms with E-state index in [4.69, 9.17) is 0 Å². The molecule has 0 unspecified atom stereocenters. The van der Waals surface area contributed by atoms with Crippen LogP contribution in [0.25, 0.3) is 82.0 Å². The molecule has 3 nitrogen and oxygen atoms in total. The largest absolute Gasteiger partial charge is 0.311 e. The van der Waals surface area contributed by atoms with E-state index in [-0.39, 0.29) is 16.6 Å². The van der Waals surface area contributed by atoms with Gasteiger partial charge in [-0.1, -0.05) is 425 Å². The standard InChI is InChI=1S/C115H122N2O/c1-5-9-13-17-21-37-77-114(78-38-22-18-14-10-6-2)109-83-91(51-49-87-57-67-99(68-58-87)116(95-41-29-25-30-42-95)96-43-31-26-32-44-96)63-73-103(109)105-75-65-93(85-111(105)114)55-53-89-61-71-101-102-72-62-90(82-108(102)113(118)107(101)81-89)54-56-94-66-76-106-104-74-64-92(52-50-88-59-69-100(70-60-88)117(97-45-33-27-34-46-97)98-47-35-28-36-48-98)84-110(104)115(112(106)86-94,79-39-23-19-15-11-7-3)80-40-24-20-16-12-8-4/h25-36,41-76,81-86H,5-24,37-40,77-80H2,1-4H3/b51-49+,52-50+,55-53+,56-54+. The molecule has 0 heterocycles. The maximum Gasteiger partial charge on any atom is 0.194 e. The second kappa shape index (κ2) is 40.3. The molecule has 15 rings (SSSR count). The van der Waals surface area contributed by atoms with Gasteiger partial charge in [-0.15, -0.1) is 0 Å². The molecule has 0 atom stereocenters. The smallest absolute Gasteiger partial charge is 0.194 e. The Kier molecular flexibility index (Phi) is 28.0. The van der Waals surface area contributed by atoms with Crippen molar-refractivity contribution in [2.24, 2.45) is 0 Å². The molecule has 3 aliphatic carbocycles. The number of anilines is 6. The molecule has 0 saturated carbocycles. The number of benzene rings is 12. The summed E-state index contributed by atoms with van der Waals surface area (Å²) in [7, 11) is 0. The van der Waals surface area contributed by atoms with E-state index in [1.54, 1.807) is 0 Å². The van der Waals surface area contributed by atoms with Gasteiger partial charge in [0.2, 0.25) is 0 Å². The molecule has 0 N–H and O–H groups in total. The Morgan fingerprint density at radius 3 is 0.661 bits per heavy atom. The molecule has 0 spiro atoms. The second-order valence-electron chi connectivity index (χ2n) is 33.9. The maximum absolute atomic E-state index is 14.9. The van der Waals surface area contributed by atoms with E-state index in [0.29, 0.717) is 0 Å². The van der Waals surface area contributed by atoms with E-state index in [1.165, 1.54) is 232 Å². The zero-order valence-corrected chi connectivity index (χ0v) is 70.8. The first-order chi connectivity index (χ1) is 58.2. The zero-order chi connectivity index (χ0) is 80.7. The van der Waals surface area contributed by atoms with Crippen LogP contribution in [0, 0.1) is 0 Å². The Balaban J connectivity index is 0.677. The van der Waals surface area contributed by atoms with Gasteiger partial charge in [0, 0.05) is 56.1 Å². The zero-order valence-electron chi connectivity index (χ0n) is 70.8. The number of unbranched alkanes of at least 4 members (excludes halogenated alkanes) is 20. The average Bonchev–Trinajstić information content (AvgIpc) is 1.57. The quantitative estimate of drug-likeness (QED) is 0.0281. The monoisotopic (exact) mass is 1550 g/mol. The molecule has 0 aliphatic heterocycles. The van der Waals surface area contributed by atoms with Gasteiger partial charge >= 0.3 is 0 Å². The summed E-state index contributed by atoms with van der Waals surface area (Å²) in [6.45, 7) is 9.29. The first-order valence-electron chi connectivity index (χ1n) is 45.4. The summed E-state index contributed by atoms with van der Waals surface area (Å²) in [4.78, 5) is 19.5. The number of rotatable bonds is 42. The minimum absolute atomic E-state index is 0.0930. The molecule has 0 aromatic heterocycles. The van der Waals surface area contributed by atoms with Crippen molar-refractivity contribution in [2.75, 3.05) is 9.80 Å². The molecule has 12 aromatic rings. The topological polar surface area (TPSA) is 23.6 Å². The lowest BCUT2D eigenvalue weighted by Crippen LogP contribution is -2.25. The van der Waals surface area contributed by atoms with Gasteiger partial charge in [0.25, 0.3) is 0 Å². The molecule has 598 valence electrons. The van der Waals surface area contributed by atoms with Gasteiger partial charge in [-0.05, 0) is 211 Å². The number of fused-ring (bicyclic) bond motifs is 9. The van der Waals surface area contributed by atoms with Crippen molar-refractivity contribution in [1.29, 1.82) is 0 Å². The van der Waals surface area contributed by atoms with Crippen LogP contribution in [0.4, 0.5) is 34.1 Å². The van der Waals surface area contributed by atoms with E-state index in [1.807, 2.05) is 0 Å². The highest BCUT2D eigenvalue weighted by molar-refractivity contribution is 6.22. The van der Waals surface area contributed by atoms with E-state index < -0.39 is 0 Å². The van der Waals surface area contributed by atoms with Crippen LogP contribution in [0.3, 0.4) is 0 Å². The van der Waals surface area contributed by atoms with E-state index in [2.05, 4.69) is 365 Å². The summed E-state index contributed by atoms with van der Waals surface area (Å²) in [5.74, 6) is 0.103. The summed E-state index contributed by atoms with van der Waals surface area (Å²) in [5, 5.41) is 0. The predicted octanol–water partition coefficient (Wildman–Crippen LogP) is 34.1. The summed E-state index contributed by atoms with van der Waals surface area (Å²) >= 11 is 0. The fourth-order valence-corrected chi connectivity index (χ4v) is 19.4. The molecule has 3 heteroatoms. The number of carbonyl (C=O) groups excluding carboxylic acids is 1. The summed E-state index contributed by atoms with van der Waals surface area (Å²) < 4.78 is 0. The van der Waals surface area contributed by atoms with Crippen molar-refractivity contribution in [3.63, 3.8) is 0 Å². The van der Waals surface area contributed by atoms with Crippen molar-refractivity contribution >= 4 is 88.5 Å². The number of para-hydroxylation sites is 4. The predicted molar refractivity (Wildman–Crippen MR) is 511 cm³/mol. The molecular formula is C115H122N2O. The number of hydrogen-bond acceptors (Lipinski definition) is 3. The molecule has 0 radical (unpaired) electrons. The third-order valence-corrected chi connectivity index (χ3v) is 25.7. The van der Waals surface area contributed by atoms with Gasteiger partial charge < -0.3 is 9.80 Å². The van der Waals surface area contributed by atoms with Crippen LogP contribution in [-0.4, -0.2) is 5.78 Å². The number of ketones is 1. The summed E-state index contributed by atoms with van der Waals surface area (Å²) in [6, 6.07) is 103. The summed E-state index contributed by atoms with van der Waals surface area (Å²) in [5.41, 5.74) is 31.1. The average molecular weight is 1550 g/mol. The molecule has 0 fully saturated rings. The Hall–Kier alpha value is -11.1. The molecule has 12 aromatic carbocycles. The Bertz CT molecular complexity index is 4960. The third-order valence-electron chi connectivity index (χ3n) is 25.7. The first-order valence-corrected chi connectivity index (χ1v) is 45.4. The fourth-order valence-electron chi connectivity index (χ4n) is 19.4. The number of carbonyl (C=O) groups is 1. The highest BCUT2D eigenvalue weighted by Crippen LogP contribution is 2.57. The maximum atomic E-state index is 14.9. The van der Waals surface area contributed by atoms with Gasteiger partial charge in [-0.3, -0.25) is 4.79 Å². The lowest BCUT2D eigenvalue weighted by atomic mass is 9.70. The minimum atomic E-state index is -0.0930. The van der Waals surface area contributed by atoms with Crippen molar-refractivity contribution in [2.45, 2.75) is 218 Å². The molecule has 0 amide bonds. The lowest BCUT2D eigenvalue weighted by molar-refractivity contribution is 0.104.